The molecule has 0 aromatic heterocycles. The average Bonchev–Trinajstić information content (AvgIpc) is 2.37. The number of carbonyl (C=O) groups is 1. The van der Waals surface area contributed by atoms with Crippen LogP contribution in [0.1, 0.15) is 12.8 Å². The van der Waals surface area contributed by atoms with Crippen LogP contribution in [-0.4, -0.2) is 50.2 Å². The minimum Gasteiger partial charge on any atom is -0.379 e. The maximum absolute atomic E-state index is 11.2. The van der Waals surface area contributed by atoms with E-state index < -0.39 is 0 Å². The molecule has 1 heterocycles. The summed E-state index contributed by atoms with van der Waals surface area (Å²) >= 11 is 0. The van der Waals surface area contributed by atoms with Crippen LogP contribution in [0.5, 0.6) is 0 Å². The minimum atomic E-state index is 0.0329. The smallest absolute Gasteiger partial charge is 0.221 e. The molecule has 0 radical (unpaired) electrons. The fourth-order valence-electron chi connectivity index (χ4n) is 1.45. The zero-order chi connectivity index (χ0) is 12.3. The van der Waals surface area contributed by atoms with E-state index in [1.165, 1.54) is 0 Å². The van der Waals surface area contributed by atoms with Crippen molar-refractivity contribution in [3.05, 3.63) is 12.7 Å². The summed E-state index contributed by atoms with van der Waals surface area (Å²) in [5.41, 5.74) is 0. The number of ether oxygens (including phenoxy) is 1. The van der Waals surface area contributed by atoms with E-state index in [-0.39, 0.29) is 5.91 Å². The van der Waals surface area contributed by atoms with Gasteiger partial charge in [-0.2, -0.15) is 0 Å². The molecule has 1 aliphatic rings. The van der Waals surface area contributed by atoms with Crippen molar-refractivity contribution in [2.75, 3.05) is 39.4 Å². The first-order valence-corrected chi connectivity index (χ1v) is 5.96. The molecular formula is C13H20N2O2. The lowest BCUT2D eigenvalue weighted by molar-refractivity contribution is -0.120. The highest BCUT2D eigenvalue weighted by Crippen LogP contribution is 1.94. The van der Waals surface area contributed by atoms with Crippen LogP contribution in [0.2, 0.25) is 0 Å². The Labute approximate surface area is 103 Å². The van der Waals surface area contributed by atoms with Crippen LogP contribution < -0.4 is 5.32 Å². The molecule has 0 atom stereocenters. The Balaban J connectivity index is 2.05. The van der Waals surface area contributed by atoms with E-state index in [0.29, 0.717) is 19.4 Å². The number of hydrogen-bond donors (Lipinski definition) is 1. The molecule has 1 fully saturated rings. The van der Waals surface area contributed by atoms with Gasteiger partial charge < -0.3 is 10.1 Å². The van der Waals surface area contributed by atoms with Crippen LogP contribution in [0.25, 0.3) is 0 Å². The SMILES string of the molecule is C=CCCC(=O)NCC#CCN1CCOCC1. The molecule has 17 heavy (non-hydrogen) atoms. The third-order valence-corrected chi connectivity index (χ3v) is 2.48. The Hall–Kier alpha value is -1.31. The number of morpholine rings is 1. The topological polar surface area (TPSA) is 41.6 Å². The summed E-state index contributed by atoms with van der Waals surface area (Å²) in [6, 6.07) is 0. The molecule has 0 aliphatic carbocycles. The van der Waals surface area contributed by atoms with E-state index >= 15 is 0 Å². The minimum absolute atomic E-state index is 0.0329. The van der Waals surface area contributed by atoms with Gasteiger partial charge >= 0.3 is 0 Å². The molecule has 4 heteroatoms. The zero-order valence-electron chi connectivity index (χ0n) is 10.2. The van der Waals surface area contributed by atoms with Crippen molar-refractivity contribution >= 4 is 5.91 Å². The van der Waals surface area contributed by atoms with Gasteiger partial charge in [0.15, 0.2) is 0 Å². The lowest BCUT2D eigenvalue weighted by Gasteiger charge is -2.24. The van der Waals surface area contributed by atoms with Crippen molar-refractivity contribution in [3.8, 4) is 11.8 Å². The first-order valence-electron chi connectivity index (χ1n) is 5.96. The quantitative estimate of drug-likeness (QED) is 0.555. The van der Waals surface area contributed by atoms with Crippen molar-refractivity contribution in [1.82, 2.24) is 10.2 Å². The summed E-state index contributed by atoms with van der Waals surface area (Å²) in [5, 5.41) is 2.75. The number of carbonyl (C=O) groups excluding carboxylic acids is 1. The van der Waals surface area contributed by atoms with Crippen LogP contribution in [0.15, 0.2) is 12.7 Å². The van der Waals surface area contributed by atoms with Gasteiger partial charge in [-0.15, -0.1) is 6.58 Å². The van der Waals surface area contributed by atoms with Crippen molar-refractivity contribution in [2.45, 2.75) is 12.8 Å². The summed E-state index contributed by atoms with van der Waals surface area (Å²) in [4.78, 5) is 13.5. The zero-order valence-corrected chi connectivity index (χ0v) is 10.2. The van der Waals surface area contributed by atoms with E-state index in [2.05, 4.69) is 28.6 Å². The number of amides is 1. The molecule has 1 aliphatic heterocycles. The number of nitrogens with zero attached hydrogens (tertiary/aromatic N) is 1. The fraction of sp³-hybridized carbons (Fsp3) is 0.615. The van der Waals surface area contributed by atoms with Gasteiger partial charge in [-0.05, 0) is 6.42 Å². The maximum atomic E-state index is 11.2. The van der Waals surface area contributed by atoms with Gasteiger partial charge in [-0.25, -0.2) is 0 Å². The van der Waals surface area contributed by atoms with Gasteiger partial charge in [0, 0.05) is 19.5 Å². The molecule has 1 amide bonds. The van der Waals surface area contributed by atoms with Gasteiger partial charge in [0.25, 0.3) is 0 Å². The molecule has 0 aromatic rings. The lowest BCUT2D eigenvalue weighted by Crippen LogP contribution is -2.36. The van der Waals surface area contributed by atoms with Crippen LogP contribution in [-0.2, 0) is 9.53 Å². The Morgan fingerprint density at radius 3 is 2.88 bits per heavy atom. The highest BCUT2D eigenvalue weighted by Gasteiger charge is 2.07. The van der Waals surface area contributed by atoms with E-state index in [1.807, 2.05) is 0 Å². The van der Waals surface area contributed by atoms with Crippen LogP contribution >= 0.6 is 0 Å². The van der Waals surface area contributed by atoms with Crippen molar-refractivity contribution in [3.63, 3.8) is 0 Å². The summed E-state index contributed by atoms with van der Waals surface area (Å²) < 4.78 is 5.24. The van der Waals surface area contributed by atoms with E-state index in [1.54, 1.807) is 6.08 Å². The second kappa shape index (κ2) is 8.80. The summed E-state index contributed by atoms with van der Waals surface area (Å²) in [6.07, 6.45) is 2.95. The molecule has 94 valence electrons. The molecule has 0 aromatic carbocycles. The largest absolute Gasteiger partial charge is 0.379 e. The predicted molar refractivity (Wildman–Crippen MR) is 67.5 cm³/mol. The normalized spacial score (nSPS) is 15.8. The highest BCUT2D eigenvalue weighted by atomic mass is 16.5. The number of rotatable bonds is 5. The van der Waals surface area contributed by atoms with E-state index in [4.69, 9.17) is 4.74 Å². The van der Waals surface area contributed by atoms with Crippen LogP contribution in [0, 0.1) is 11.8 Å². The van der Waals surface area contributed by atoms with Crippen LogP contribution in [0.4, 0.5) is 0 Å². The Morgan fingerprint density at radius 1 is 1.41 bits per heavy atom. The first kappa shape index (κ1) is 13.8. The summed E-state index contributed by atoms with van der Waals surface area (Å²) in [6.45, 7) is 8.23. The Bertz CT molecular complexity index is 298. The molecule has 1 rings (SSSR count). The van der Waals surface area contributed by atoms with Gasteiger partial charge in [0.2, 0.25) is 5.91 Å². The van der Waals surface area contributed by atoms with Crippen molar-refractivity contribution < 1.29 is 9.53 Å². The molecular weight excluding hydrogens is 216 g/mol. The van der Waals surface area contributed by atoms with Gasteiger partial charge in [-0.3, -0.25) is 9.69 Å². The third-order valence-electron chi connectivity index (χ3n) is 2.48. The number of hydrogen-bond acceptors (Lipinski definition) is 3. The summed E-state index contributed by atoms with van der Waals surface area (Å²) in [7, 11) is 0. The Morgan fingerprint density at radius 2 is 2.18 bits per heavy atom. The van der Waals surface area contributed by atoms with E-state index in [9.17, 15) is 4.79 Å². The molecule has 4 nitrogen and oxygen atoms in total. The second-order valence-corrected chi connectivity index (χ2v) is 3.85. The number of allylic oxidation sites excluding steroid dienone is 1. The van der Waals surface area contributed by atoms with Gasteiger partial charge in [0.05, 0.1) is 26.3 Å². The highest BCUT2D eigenvalue weighted by molar-refractivity contribution is 5.76. The van der Waals surface area contributed by atoms with Crippen molar-refractivity contribution in [2.24, 2.45) is 0 Å². The number of nitrogens with one attached hydrogen (secondary N) is 1. The average molecular weight is 236 g/mol. The molecule has 0 unspecified atom stereocenters. The molecule has 0 saturated carbocycles. The maximum Gasteiger partial charge on any atom is 0.221 e. The van der Waals surface area contributed by atoms with Gasteiger partial charge in [0.1, 0.15) is 0 Å². The first-order chi connectivity index (χ1) is 8.33. The molecule has 0 bridgehead atoms. The Kier molecular flexibility index (Phi) is 7.12. The molecule has 1 saturated heterocycles. The fourth-order valence-corrected chi connectivity index (χ4v) is 1.45. The third kappa shape index (κ3) is 6.77. The standard InChI is InChI=1S/C13H20N2O2/c1-2-3-6-13(16)14-7-4-5-8-15-9-11-17-12-10-15/h2H,1,3,6-12H2,(H,14,16). The van der Waals surface area contributed by atoms with Crippen molar-refractivity contribution in [1.29, 1.82) is 0 Å². The predicted octanol–water partition coefficient (Wildman–Crippen LogP) is 0.404. The second-order valence-electron chi connectivity index (χ2n) is 3.85. The van der Waals surface area contributed by atoms with Gasteiger partial charge in [-0.1, -0.05) is 17.9 Å². The molecule has 0 spiro atoms. The molecule has 1 N–H and O–H groups in total. The van der Waals surface area contributed by atoms with Crippen LogP contribution in [0.3, 0.4) is 0 Å². The lowest BCUT2D eigenvalue weighted by atomic mass is 10.3. The summed E-state index contributed by atoms with van der Waals surface area (Å²) in [5.74, 6) is 6.03. The monoisotopic (exact) mass is 236 g/mol. The van der Waals surface area contributed by atoms with E-state index in [0.717, 1.165) is 32.8 Å².